The van der Waals surface area contributed by atoms with Crippen LogP contribution < -0.4 is 14.8 Å². The molecule has 3 aromatic rings. The Morgan fingerprint density at radius 2 is 1.61 bits per heavy atom. The first-order chi connectivity index (χ1) is 15.1. The van der Waals surface area contributed by atoms with Gasteiger partial charge in [0.1, 0.15) is 13.2 Å². The minimum Gasteiger partial charge on any atom is -0.486 e. The van der Waals surface area contributed by atoms with E-state index in [1.54, 1.807) is 72.8 Å². The topological polar surface area (TPSA) is 88.4 Å². The summed E-state index contributed by atoms with van der Waals surface area (Å²) in [5, 5.41) is 11.8. The zero-order valence-electron chi connectivity index (χ0n) is 16.5. The lowest BCUT2D eigenvalue weighted by atomic mass is 9.99. The molecule has 0 unspecified atom stereocenters. The number of rotatable bonds is 5. The molecule has 0 saturated carbocycles. The van der Waals surface area contributed by atoms with E-state index in [9.17, 15) is 9.59 Å². The highest BCUT2D eigenvalue weighted by Gasteiger charge is 2.21. The average molecular weight is 410 g/mol. The third kappa shape index (κ3) is 4.62. The summed E-state index contributed by atoms with van der Waals surface area (Å²) >= 11 is 0. The summed E-state index contributed by atoms with van der Waals surface area (Å²) < 4.78 is 11.1. The molecule has 4 rings (SSSR count). The first kappa shape index (κ1) is 19.9. The molecule has 0 saturated heterocycles. The fourth-order valence-corrected chi connectivity index (χ4v) is 3.12. The van der Waals surface area contributed by atoms with Crippen LogP contribution in [0.5, 0.6) is 11.5 Å². The Balaban J connectivity index is 1.66. The number of nitrogens with one attached hydrogen (secondary N) is 1. The van der Waals surface area contributed by atoms with Crippen LogP contribution in [0.4, 0.5) is 5.69 Å². The Morgan fingerprint density at radius 3 is 2.32 bits per heavy atom. The number of nitriles is 1. The van der Waals surface area contributed by atoms with Crippen molar-refractivity contribution in [1.82, 2.24) is 0 Å². The number of benzene rings is 3. The van der Waals surface area contributed by atoms with Gasteiger partial charge in [-0.3, -0.25) is 9.59 Å². The minimum absolute atomic E-state index is 0.0224. The van der Waals surface area contributed by atoms with Crippen molar-refractivity contribution in [1.29, 1.82) is 5.26 Å². The van der Waals surface area contributed by atoms with Gasteiger partial charge in [-0.1, -0.05) is 42.5 Å². The van der Waals surface area contributed by atoms with E-state index in [0.717, 1.165) is 0 Å². The normalized spacial score (nSPS) is 12.5. The smallest absolute Gasteiger partial charge is 0.259 e. The number of amides is 1. The van der Waals surface area contributed by atoms with Gasteiger partial charge in [0, 0.05) is 17.3 Å². The van der Waals surface area contributed by atoms with E-state index in [1.807, 2.05) is 6.07 Å². The molecule has 0 radical (unpaired) electrons. The zero-order valence-corrected chi connectivity index (χ0v) is 16.5. The lowest BCUT2D eigenvalue weighted by Gasteiger charge is -2.19. The van der Waals surface area contributed by atoms with E-state index in [-0.39, 0.29) is 5.57 Å². The molecule has 152 valence electrons. The van der Waals surface area contributed by atoms with Gasteiger partial charge in [-0.05, 0) is 35.9 Å². The number of carbonyl (C=O) groups is 2. The van der Waals surface area contributed by atoms with Gasteiger partial charge in [-0.2, -0.15) is 5.26 Å². The first-order valence-electron chi connectivity index (χ1n) is 9.66. The van der Waals surface area contributed by atoms with Gasteiger partial charge in [0.25, 0.3) is 5.91 Å². The quantitative estimate of drug-likeness (QED) is 0.294. The molecule has 0 spiro atoms. The number of anilines is 1. The Bertz CT molecular complexity index is 1190. The van der Waals surface area contributed by atoms with Crippen LogP contribution >= 0.6 is 0 Å². The third-order valence-electron chi connectivity index (χ3n) is 4.68. The zero-order chi connectivity index (χ0) is 21.6. The molecule has 1 heterocycles. The van der Waals surface area contributed by atoms with Crippen LogP contribution in [0.2, 0.25) is 0 Å². The highest BCUT2D eigenvalue weighted by Crippen LogP contribution is 2.32. The lowest BCUT2D eigenvalue weighted by Crippen LogP contribution is -2.21. The van der Waals surface area contributed by atoms with Gasteiger partial charge in [0.2, 0.25) is 0 Å². The van der Waals surface area contributed by atoms with Crippen molar-refractivity contribution in [3.63, 3.8) is 0 Å². The Kier molecular flexibility index (Phi) is 5.77. The van der Waals surface area contributed by atoms with Crippen LogP contribution in [0.25, 0.3) is 6.08 Å². The summed E-state index contributed by atoms with van der Waals surface area (Å²) in [6.07, 6.45) is 1.52. The average Bonchev–Trinajstić information content (AvgIpc) is 2.83. The second-order valence-corrected chi connectivity index (χ2v) is 6.80. The van der Waals surface area contributed by atoms with Gasteiger partial charge in [0.15, 0.2) is 17.3 Å². The van der Waals surface area contributed by atoms with Crippen LogP contribution in [-0.2, 0) is 4.79 Å². The molecule has 31 heavy (non-hydrogen) atoms. The largest absolute Gasteiger partial charge is 0.486 e. The molecule has 1 aliphatic rings. The summed E-state index contributed by atoms with van der Waals surface area (Å²) in [5.74, 6) is 0.198. The van der Waals surface area contributed by atoms with Crippen molar-refractivity contribution in [3.8, 4) is 17.6 Å². The van der Waals surface area contributed by atoms with E-state index < -0.39 is 11.7 Å². The van der Waals surface area contributed by atoms with Gasteiger partial charge in [-0.25, -0.2) is 0 Å². The monoisotopic (exact) mass is 410 g/mol. The molecule has 6 nitrogen and oxygen atoms in total. The van der Waals surface area contributed by atoms with E-state index in [0.29, 0.717) is 47.1 Å². The van der Waals surface area contributed by atoms with E-state index in [1.165, 1.54) is 6.08 Å². The van der Waals surface area contributed by atoms with Crippen LogP contribution in [0.3, 0.4) is 0 Å². The first-order valence-corrected chi connectivity index (χ1v) is 9.66. The van der Waals surface area contributed by atoms with Gasteiger partial charge in [0.05, 0.1) is 17.2 Å². The molecule has 0 aromatic heterocycles. The molecule has 1 N–H and O–H groups in total. The number of ketones is 1. The van der Waals surface area contributed by atoms with Crippen molar-refractivity contribution < 1.29 is 19.1 Å². The Hall–Kier alpha value is -4.37. The molecule has 0 aliphatic carbocycles. The number of carbonyl (C=O) groups excluding carboxylic acids is 2. The number of hydrogen-bond donors (Lipinski definition) is 1. The molecule has 6 heteroatoms. The maximum Gasteiger partial charge on any atom is 0.259 e. The highest BCUT2D eigenvalue weighted by atomic mass is 16.6. The SMILES string of the molecule is N#Cc1ccc(/C=C(/C(=O)Nc2ccc3c(c2)OCCO3)C(=O)c2ccccc2)cc1. The Morgan fingerprint density at radius 1 is 0.903 bits per heavy atom. The maximum atomic E-state index is 13.1. The van der Waals surface area contributed by atoms with Crippen molar-refractivity contribution in [2.24, 2.45) is 0 Å². The fourth-order valence-electron chi connectivity index (χ4n) is 3.12. The lowest BCUT2D eigenvalue weighted by molar-refractivity contribution is -0.112. The molecular formula is C25H18N2O4. The maximum absolute atomic E-state index is 13.1. The van der Waals surface area contributed by atoms with Gasteiger partial charge < -0.3 is 14.8 Å². The summed E-state index contributed by atoms with van der Waals surface area (Å²) in [6, 6.07) is 22.4. The summed E-state index contributed by atoms with van der Waals surface area (Å²) in [7, 11) is 0. The van der Waals surface area contributed by atoms with Crippen molar-refractivity contribution in [3.05, 3.63) is 95.1 Å². The standard InChI is InChI=1S/C25H18N2O4/c26-16-18-8-6-17(7-9-18)14-21(24(28)19-4-2-1-3-5-19)25(29)27-20-10-11-22-23(15-20)31-13-12-30-22/h1-11,14-15H,12-13H2,(H,27,29)/b21-14+. The summed E-state index contributed by atoms with van der Waals surface area (Å²) in [4.78, 5) is 26.2. The van der Waals surface area contributed by atoms with Crippen LogP contribution in [0.1, 0.15) is 21.5 Å². The second-order valence-electron chi connectivity index (χ2n) is 6.80. The van der Waals surface area contributed by atoms with E-state index >= 15 is 0 Å². The molecule has 0 bridgehead atoms. The fraction of sp³-hybridized carbons (Fsp3) is 0.0800. The van der Waals surface area contributed by atoms with Crippen LogP contribution in [-0.4, -0.2) is 24.9 Å². The summed E-state index contributed by atoms with van der Waals surface area (Å²) in [6.45, 7) is 0.905. The third-order valence-corrected chi connectivity index (χ3v) is 4.68. The number of fused-ring (bicyclic) bond motifs is 1. The number of Topliss-reactive ketones (excluding diaryl/α,β-unsaturated/α-hetero) is 1. The Labute approximate surface area is 179 Å². The highest BCUT2D eigenvalue weighted by molar-refractivity contribution is 6.31. The van der Waals surface area contributed by atoms with Crippen LogP contribution in [0, 0.1) is 11.3 Å². The predicted molar refractivity (Wildman–Crippen MR) is 116 cm³/mol. The second kappa shape index (κ2) is 8.97. The minimum atomic E-state index is -0.546. The molecule has 1 aliphatic heterocycles. The van der Waals surface area contributed by atoms with Crippen LogP contribution in [0.15, 0.2) is 78.4 Å². The van der Waals surface area contributed by atoms with E-state index in [4.69, 9.17) is 14.7 Å². The molecule has 1 amide bonds. The van der Waals surface area contributed by atoms with Crippen molar-refractivity contribution >= 4 is 23.5 Å². The van der Waals surface area contributed by atoms with Crippen molar-refractivity contribution in [2.75, 3.05) is 18.5 Å². The van der Waals surface area contributed by atoms with E-state index in [2.05, 4.69) is 5.32 Å². The van der Waals surface area contributed by atoms with Gasteiger partial charge in [-0.15, -0.1) is 0 Å². The summed E-state index contributed by atoms with van der Waals surface area (Å²) in [5.41, 5.74) is 2.00. The number of ether oxygens (including phenoxy) is 2. The molecule has 0 fully saturated rings. The predicted octanol–water partition coefficient (Wildman–Crippen LogP) is 4.23. The molecule has 0 atom stereocenters. The van der Waals surface area contributed by atoms with Gasteiger partial charge >= 0.3 is 0 Å². The van der Waals surface area contributed by atoms with Crippen molar-refractivity contribution in [2.45, 2.75) is 0 Å². The number of nitrogens with zero attached hydrogens (tertiary/aromatic N) is 1. The number of hydrogen-bond acceptors (Lipinski definition) is 5. The molecular weight excluding hydrogens is 392 g/mol. The molecule has 3 aromatic carbocycles.